The van der Waals surface area contributed by atoms with Crippen LogP contribution in [0, 0.1) is 5.92 Å². The summed E-state index contributed by atoms with van der Waals surface area (Å²) in [5.41, 5.74) is 6.00. The molecule has 2 aromatic rings. The third kappa shape index (κ3) is 3.12. The maximum Gasteiger partial charge on any atom is 0.255 e. The largest absolute Gasteiger partial charge is 0.496 e. The second kappa shape index (κ2) is 7.11. The van der Waals surface area contributed by atoms with Gasteiger partial charge in [-0.25, -0.2) is 14.4 Å². The topological polar surface area (TPSA) is 116 Å². The van der Waals surface area contributed by atoms with E-state index in [0.717, 1.165) is 0 Å². The van der Waals surface area contributed by atoms with E-state index < -0.39 is 29.9 Å². The van der Waals surface area contributed by atoms with Gasteiger partial charge in [-0.3, -0.25) is 9.59 Å². The molecule has 8 nitrogen and oxygen atoms in total. The Morgan fingerprint density at radius 2 is 2.15 bits per heavy atom. The van der Waals surface area contributed by atoms with Crippen molar-refractivity contribution in [3.63, 3.8) is 0 Å². The summed E-state index contributed by atoms with van der Waals surface area (Å²) < 4.78 is 24.8. The average molecular weight is 362 g/mol. The Morgan fingerprint density at radius 1 is 1.38 bits per heavy atom. The third-order valence-electron chi connectivity index (χ3n) is 4.53. The molecule has 3 atom stereocenters. The van der Waals surface area contributed by atoms with Crippen LogP contribution in [0.1, 0.15) is 23.7 Å². The molecule has 0 radical (unpaired) electrons. The van der Waals surface area contributed by atoms with Crippen LogP contribution in [-0.4, -0.2) is 47.7 Å². The highest BCUT2D eigenvalue weighted by molar-refractivity contribution is 6.00. The summed E-state index contributed by atoms with van der Waals surface area (Å²) in [6.45, 7) is 1.89. The van der Waals surface area contributed by atoms with E-state index in [1.54, 1.807) is 6.07 Å². The summed E-state index contributed by atoms with van der Waals surface area (Å²) in [5.74, 6) is -1.19. The van der Waals surface area contributed by atoms with E-state index in [2.05, 4.69) is 15.3 Å². The maximum atomic E-state index is 13.9. The summed E-state index contributed by atoms with van der Waals surface area (Å²) in [6.07, 6.45) is 0.264. The van der Waals surface area contributed by atoms with Crippen molar-refractivity contribution >= 4 is 22.7 Å². The van der Waals surface area contributed by atoms with Gasteiger partial charge in [0.05, 0.1) is 29.6 Å². The SMILES string of the molecule is CC[C@@H]1[C@H](F)C(=O)N[C@@H]1COc1ncnc2cc(C(N)=O)c(OC)cc12. The van der Waals surface area contributed by atoms with Crippen LogP contribution in [0.2, 0.25) is 0 Å². The number of carbonyl (C=O) groups is 2. The maximum absolute atomic E-state index is 13.9. The molecule has 0 aliphatic carbocycles. The second-order valence-corrected chi connectivity index (χ2v) is 6.01. The number of fused-ring (bicyclic) bond motifs is 1. The Balaban J connectivity index is 1.89. The molecule has 0 saturated carbocycles. The van der Waals surface area contributed by atoms with Crippen molar-refractivity contribution in [3.05, 3.63) is 24.0 Å². The summed E-state index contributed by atoms with van der Waals surface area (Å²) in [5, 5.41) is 3.12. The van der Waals surface area contributed by atoms with Crippen LogP contribution in [0.3, 0.4) is 0 Å². The van der Waals surface area contributed by atoms with Gasteiger partial charge in [-0.2, -0.15) is 0 Å². The zero-order valence-electron chi connectivity index (χ0n) is 14.4. The van der Waals surface area contributed by atoms with Crippen molar-refractivity contribution in [2.75, 3.05) is 13.7 Å². The lowest BCUT2D eigenvalue weighted by Crippen LogP contribution is -2.34. The van der Waals surface area contributed by atoms with Crippen molar-refractivity contribution in [2.24, 2.45) is 11.7 Å². The van der Waals surface area contributed by atoms with E-state index in [1.807, 2.05) is 6.92 Å². The Kier molecular flexibility index (Phi) is 4.88. The number of alkyl halides is 1. The Hall–Kier alpha value is -2.97. The van der Waals surface area contributed by atoms with Crippen molar-refractivity contribution < 1.29 is 23.5 Å². The molecule has 26 heavy (non-hydrogen) atoms. The molecule has 0 bridgehead atoms. The molecule has 0 unspecified atom stereocenters. The molecule has 9 heteroatoms. The highest BCUT2D eigenvalue weighted by Crippen LogP contribution is 2.30. The first-order valence-corrected chi connectivity index (χ1v) is 8.16. The van der Waals surface area contributed by atoms with E-state index in [0.29, 0.717) is 17.3 Å². The van der Waals surface area contributed by atoms with Gasteiger partial charge in [-0.15, -0.1) is 0 Å². The van der Waals surface area contributed by atoms with Crippen LogP contribution in [0.25, 0.3) is 10.9 Å². The number of halogens is 1. The Morgan fingerprint density at radius 3 is 2.81 bits per heavy atom. The average Bonchev–Trinajstić information content (AvgIpc) is 2.91. The summed E-state index contributed by atoms with van der Waals surface area (Å²) in [4.78, 5) is 31.3. The molecule has 1 saturated heterocycles. The molecule has 1 aromatic heterocycles. The third-order valence-corrected chi connectivity index (χ3v) is 4.53. The molecule has 3 N–H and O–H groups in total. The van der Waals surface area contributed by atoms with Crippen LogP contribution in [-0.2, 0) is 4.79 Å². The number of carbonyl (C=O) groups excluding carboxylic acids is 2. The van der Waals surface area contributed by atoms with Crippen LogP contribution in [0.15, 0.2) is 18.5 Å². The van der Waals surface area contributed by atoms with Gasteiger partial charge in [0.1, 0.15) is 18.7 Å². The van der Waals surface area contributed by atoms with Gasteiger partial charge in [0.15, 0.2) is 6.17 Å². The molecule has 138 valence electrons. The molecular formula is C17H19FN4O4. The quantitative estimate of drug-likeness (QED) is 0.791. The first-order chi connectivity index (χ1) is 12.5. The van der Waals surface area contributed by atoms with Crippen molar-refractivity contribution in [1.29, 1.82) is 0 Å². The summed E-state index contributed by atoms with van der Waals surface area (Å²) >= 11 is 0. The van der Waals surface area contributed by atoms with Crippen molar-refractivity contribution in [3.8, 4) is 11.6 Å². The van der Waals surface area contributed by atoms with Crippen LogP contribution in [0.4, 0.5) is 4.39 Å². The predicted octanol–water partition coefficient (Wildman–Crippen LogP) is 0.979. The van der Waals surface area contributed by atoms with E-state index in [-0.39, 0.29) is 23.8 Å². The molecule has 1 aliphatic heterocycles. The van der Waals surface area contributed by atoms with Crippen molar-refractivity contribution in [2.45, 2.75) is 25.6 Å². The number of methoxy groups -OCH3 is 1. The zero-order chi connectivity index (χ0) is 18.8. The summed E-state index contributed by atoms with van der Waals surface area (Å²) in [6, 6.07) is 2.61. The predicted molar refractivity (Wildman–Crippen MR) is 90.7 cm³/mol. The molecule has 1 aromatic carbocycles. The van der Waals surface area contributed by atoms with Crippen LogP contribution in [0.5, 0.6) is 11.6 Å². The number of hydrogen-bond donors (Lipinski definition) is 2. The highest BCUT2D eigenvalue weighted by atomic mass is 19.1. The van der Waals surface area contributed by atoms with E-state index >= 15 is 0 Å². The molecule has 3 rings (SSSR count). The fourth-order valence-electron chi connectivity index (χ4n) is 3.13. The number of nitrogens with two attached hydrogens (primary N) is 1. The zero-order valence-corrected chi connectivity index (χ0v) is 14.4. The lowest BCUT2D eigenvalue weighted by molar-refractivity contribution is -0.123. The lowest BCUT2D eigenvalue weighted by Gasteiger charge is -2.18. The van der Waals surface area contributed by atoms with Gasteiger partial charge in [0, 0.05) is 5.92 Å². The fraction of sp³-hybridized carbons (Fsp3) is 0.412. The minimum atomic E-state index is -1.53. The summed E-state index contributed by atoms with van der Waals surface area (Å²) in [7, 11) is 1.42. The number of ether oxygens (including phenoxy) is 2. The molecule has 1 aliphatic rings. The number of hydrogen-bond acceptors (Lipinski definition) is 6. The smallest absolute Gasteiger partial charge is 0.255 e. The van der Waals surface area contributed by atoms with Gasteiger partial charge < -0.3 is 20.5 Å². The van der Waals surface area contributed by atoms with Gasteiger partial charge >= 0.3 is 0 Å². The van der Waals surface area contributed by atoms with Crippen LogP contribution >= 0.6 is 0 Å². The van der Waals surface area contributed by atoms with Gasteiger partial charge in [-0.1, -0.05) is 6.92 Å². The fourth-order valence-corrected chi connectivity index (χ4v) is 3.13. The standard InChI is InChI=1S/C17H19FN4O4/c1-3-8-12(22-16(24)14(8)18)6-26-17-9-5-13(25-2)10(15(19)23)4-11(9)20-7-21-17/h4-5,7-8,12,14H,3,6H2,1-2H3,(H2,19,23)(H,22,24)/t8-,12+,14-/m0/s1. The Bertz CT molecular complexity index is 860. The monoisotopic (exact) mass is 362 g/mol. The second-order valence-electron chi connectivity index (χ2n) is 6.01. The highest BCUT2D eigenvalue weighted by Gasteiger charge is 2.41. The number of primary amides is 1. The number of nitrogens with zero attached hydrogens (tertiary/aromatic N) is 2. The molecular weight excluding hydrogens is 343 g/mol. The minimum Gasteiger partial charge on any atom is -0.496 e. The number of amides is 2. The minimum absolute atomic E-state index is 0.0661. The first kappa shape index (κ1) is 17.8. The number of benzene rings is 1. The first-order valence-electron chi connectivity index (χ1n) is 8.16. The molecule has 2 heterocycles. The normalized spacial score (nSPS) is 22.3. The van der Waals surface area contributed by atoms with E-state index in [1.165, 1.54) is 19.5 Å². The number of rotatable bonds is 6. The number of aromatic nitrogens is 2. The van der Waals surface area contributed by atoms with Gasteiger partial charge in [0.25, 0.3) is 11.8 Å². The number of nitrogens with one attached hydrogen (secondary N) is 1. The van der Waals surface area contributed by atoms with E-state index in [4.69, 9.17) is 15.2 Å². The Labute approximate surface area is 148 Å². The van der Waals surface area contributed by atoms with Crippen molar-refractivity contribution in [1.82, 2.24) is 15.3 Å². The van der Waals surface area contributed by atoms with Gasteiger partial charge in [-0.05, 0) is 18.6 Å². The van der Waals surface area contributed by atoms with E-state index in [9.17, 15) is 14.0 Å². The lowest BCUT2D eigenvalue weighted by atomic mass is 9.97. The molecule has 2 amide bonds. The van der Waals surface area contributed by atoms with Gasteiger partial charge in [0.2, 0.25) is 5.88 Å². The molecule has 1 fully saturated rings. The van der Waals surface area contributed by atoms with Crippen LogP contribution < -0.4 is 20.5 Å². The molecule has 0 spiro atoms.